The van der Waals surface area contributed by atoms with Crippen LogP contribution >= 0.6 is 0 Å². The minimum Gasteiger partial charge on any atom is -0.411 e. The lowest BCUT2D eigenvalue weighted by Crippen LogP contribution is -2.33. The van der Waals surface area contributed by atoms with Gasteiger partial charge in [0.2, 0.25) is 0 Å². The molecular formula is C8H14N2O2Si. The van der Waals surface area contributed by atoms with Gasteiger partial charge in [0, 0.05) is 12.8 Å². The number of nitrogens with zero attached hydrogens (tertiary/aromatic N) is 2. The van der Waals surface area contributed by atoms with E-state index in [4.69, 9.17) is 10.5 Å². The van der Waals surface area contributed by atoms with Crippen molar-refractivity contribution in [1.82, 2.24) is 0 Å². The molecule has 0 saturated heterocycles. The number of hydrogen-bond acceptors (Lipinski definition) is 4. The Morgan fingerprint density at radius 1 is 0.923 bits per heavy atom. The zero-order valence-electron chi connectivity index (χ0n) is 7.53. The van der Waals surface area contributed by atoms with Crippen LogP contribution in [0.4, 0.5) is 0 Å². The summed E-state index contributed by atoms with van der Waals surface area (Å²) in [6, 6.07) is 4.59. The third kappa shape index (κ3) is 7.48. The molecule has 0 unspecified atom stereocenters. The largest absolute Gasteiger partial charge is 0.411 e. The Hall–Kier alpha value is -0.883. The van der Waals surface area contributed by atoms with Crippen molar-refractivity contribution in [1.29, 1.82) is 10.5 Å². The van der Waals surface area contributed by atoms with E-state index in [9.17, 15) is 9.59 Å². The summed E-state index contributed by atoms with van der Waals surface area (Å²) in [6.07, 6.45) is 1.83. The van der Waals surface area contributed by atoms with E-state index < -0.39 is 8.56 Å². The van der Waals surface area contributed by atoms with Gasteiger partial charge < -0.3 is 9.59 Å². The van der Waals surface area contributed by atoms with Crippen molar-refractivity contribution in [2.45, 2.75) is 37.8 Å². The van der Waals surface area contributed by atoms with Gasteiger partial charge in [0.15, 0.2) is 0 Å². The van der Waals surface area contributed by atoms with E-state index in [0.29, 0.717) is 37.8 Å². The van der Waals surface area contributed by atoms with Gasteiger partial charge in [0.25, 0.3) is 0 Å². The SMILES string of the molecule is N#CCCC[Si](O)(O)CCCC#N. The van der Waals surface area contributed by atoms with Crippen molar-refractivity contribution in [2.24, 2.45) is 0 Å². The highest BCUT2D eigenvalue weighted by molar-refractivity contribution is 6.64. The van der Waals surface area contributed by atoms with Crippen LogP contribution in [0.3, 0.4) is 0 Å². The summed E-state index contributed by atoms with van der Waals surface area (Å²) in [5.41, 5.74) is 0. The molecule has 0 heterocycles. The lowest BCUT2D eigenvalue weighted by Gasteiger charge is -2.15. The standard InChI is InChI=1S/C8H14N2O2Si/c9-5-1-3-7-13(11,12)8-4-2-6-10/h11-12H,1-4,7-8H2. The first kappa shape index (κ1) is 12.1. The molecule has 0 atom stereocenters. The molecule has 0 spiro atoms. The number of rotatable bonds is 6. The Morgan fingerprint density at radius 3 is 1.62 bits per heavy atom. The second-order valence-electron chi connectivity index (χ2n) is 3.01. The van der Waals surface area contributed by atoms with Gasteiger partial charge in [-0.15, -0.1) is 0 Å². The average molecular weight is 198 g/mol. The Morgan fingerprint density at radius 2 is 1.31 bits per heavy atom. The fourth-order valence-electron chi connectivity index (χ4n) is 1.03. The first-order valence-electron chi connectivity index (χ1n) is 4.31. The van der Waals surface area contributed by atoms with E-state index in [1.54, 1.807) is 0 Å². The molecule has 0 fully saturated rings. The molecule has 72 valence electrons. The molecule has 0 aromatic heterocycles. The molecule has 0 radical (unpaired) electrons. The summed E-state index contributed by atoms with van der Waals surface area (Å²) in [4.78, 5) is 18.9. The molecule has 0 aliphatic rings. The highest BCUT2D eigenvalue weighted by atomic mass is 28.4. The van der Waals surface area contributed by atoms with Crippen LogP contribution in [-0.4, -0.2) is 18.2 Å². The molecule has 0 rings (SSSR count). The van der Waals surface area contributed by atoms with Crippen molar-refractivity contribution in [3.63, 3.8) is 0 Å². The molecule has 0 aromatic carbocycles. The Bertz CT molecular complexity index is 195. The molecule has 2 N–H and O–H groups in total. The van der Waals surface area contributed by atoms with Crippen LogP contribution in [0.25, 0.3) is 0 Å². The van der Waals surface area contributed by atoms with Gasteiger partial charge in [-0.2, -0.15) is 10.5 Å². The molecule has 0 aromatic rings. The number of hydrogen-bond donors (Lipinski definition) is 2. The van der Waals surface area contributed by atoms with Crippen molar-refractivity contribution >= 4 is 8.56 Å². The topological polar surface area (TPSA) is 88.0 Å². The van der Waals surface area contributed by atoms with Crippen LogP contribution < -0.4 is 0 Å². The number of nitriles is 2. The summed E-state index contributed by atoms with van der Waals surface area (Å²) < 4.78 is 0. The van der Waals surface area contributed by atoms with Gasteiger partial charge in [0.05, 0.1) is 12.1 Å². The van der Waals surface area contributed by atoms with Crippen LogP contribution in [0.2, 0.25) is 12.1 Å². The van der Waals surface area contributed by atoms with Gasteiger partial charge in [-0.3, -0.25) is 0 Å². The fourth-order valence-corrected chi connectivity index (χ4v) is 2.76. The first-order valence-corrected chi connectivity index (χ1v) is 6.62. The van der Waals surface area contributed by atoms with Crippen LogP contribution in [0.1, 0.15) is 25.7 Å². The Labute approximate surface area is 79.3 Å². The smallest absolute Gasteiger partial charge is 0.332 e. The van der Waals surface area contributed by atoms with Crippen molar-refractivity contribution in [2.75, 3.05) is 0 Å². The van der Waals surface area contributed by atoms with Crippen LogP contribution in [0, 0.1) is 22.7 Å². The molecule has 0 aliphatic heterocycles. The predicted octanol–water partition coefficient (Wildman–Crippen LogP) is 1.02. The third-order valence-corrected chi connectivity index (χ3v) is 4.04. The molecule has 4 nitrogen and oxygen atoms in total. The summed E-state index contributed by atoms with van der Waals surface area (Å²) in [6.45, 7) is 0. The second kappa shape index (κ2) is 6.61. The maximum atomic E-state index is 9.44. The number of unbranched alkanes of at least 4 members (excludes halogenated alkanes) is 2. The van der Waals surface area contributed by atoms with Crippen molar-refractivity contribution in [3.05, 3.63) is 0 Å². The van der Waals surface area contributed by atoms with Gasteiger partial charge in [-0.05, 0) is 24.9 Å². The zero-order valence-corrected chi connectivity index (χ0v) is 8.53. The van der Waals surface area contributed by atoms with Gasteiger partial charge in [-0.1, -0.05) is 0 Å². The van der Waals surface area contributed by atoms with E-state index >= 15 is 0 Å². The normalized spacial score (nSPS) is 10.5. The molecule has 5 heteroatoms. The van der Waals surface area contributed by atoms with Crippen molar-refractivity contribution < 1.29 is 9.59 Å². The zero-order chi connectivity index (χ0) is 10.2. The van der Waals surface area contributed by atoms with Gasteiger partial charge in [-0.25, -0.2) is 0 Å². The minimum absolute atomic E-state index is 0.339. The second-order valence-corrected chi connectivity index (χ2v) is 5.97. The van der Waals surface area contributed by atoms with E-state index in [0.717, 1.165) is 0 Å². The molecule has 0 aliphatic carbocycles. The molecule has 13 heavy (non-hydrogen) atoms. The average Bonchev–Trinajstić information content (AvgIpc) is 2.05. The maximum absolute atomic E-state index is 9.44. The lowest BCUT2D eigenvalue weighted by molar-refractivity contribution is 0.354. The summed E-state index contributed by atoms with van der Waals surface area (Å²) in [5, 5.41) is 16.5. The molecule has 0 bridgehead atoms. The summed E-state index contributed by atoms with van der Waals surface area (Å²) in [7, 11) is -3.08. The minimum atomic E-state index is -3.08. The first-order chi connectivity index (χ1) is 6.12. The molecule has 0 amide bonds. The highest BCUT2D eigenvalue weighted by Crippen LogP contribution is 2.15. The van der Waals surface area contributed by atoms with Crippen LogP contribution in [-0.2, 0) is 0 Å². The summed E-state index contributed by atoms with van der Waals surface area (Å²) >= 11 is 0. The van der Waals surface area contributed by atoms with E-state index in [1.807, 2.05) is 12.1 Å². The highest BCUT2D eigenvalue weighted by Gasteiger charge is 2.27. The van der Waals surface area contributed by atoms with Gasteiger partial charge in [0.1, 0.15) is 0 Å². The molecular weight excluding hydrogens is 184 g/mol. The predicted molar refractivity (Wildman–Crippen MR) is 49.5 cm³/mol. The van der Waals surface area contributed by atoms with Gasteiger partial charge >= 0.3 is 8.56 Å². The third-order valence-electron chi connectivity index (χ3n) is 1.73. The van der Waals surface area contributed by atoms with E-state index in [-0.39, 0.29) is 0 Å². The van der Waals surface area contributed by atoms with Crippen LogP contribution in [0.15, 0.2) is 0 Å². The lowest BCUT2D eigenvalue weighted by atomic mass is 10.4. The van der Waals surface area contributed by atoms with Crippen LogP contribution in [0.5, 0.6) is 0 Å². The monoisotopic (exact) mass is 198 g/mol. The summed E-state index contributed by atoms with van der Waals surface area (Å²) in [5.74, 6) is 0. The van der Waals surface area contributed by atoms with E-state index in [2.05, 4.69) is 0 Å². The quantitative estimate of drug-likeness (QED) is 0.492. The fraction of sp³-hybridized carbons (Fsp3) is 0.750. The maximum Gasteiger partial charge on any atom is 0.332 e. The Balaban J connectivity index is 3.56. The van der Waals surface area contributed by atoms with E-state index in [1.165, 1.54) is 0 Å². The Kier molecular flexibility index (Phi) is 6.16. The van der Waals surface area contributed by atoms with Crippen molar-refractivity contribution in [3.8, 4) is 12.1 Å². The molecule has 0 saturated carbocycles.